The number of hydrogen-bond donors (Lipinski definition) is 3. The van der Waals surface area contributed by atoms with Gasteiger partial charge in [0.1, 0.15) is 47.0 Å². The van der Waals surface area contributed by atoms with Crippen molar-refractivity contribution in [3.05, 3.63) is 130 Å². The number of hydrogen-bond acceptors (Lipinski definition) is 11. The van der Waals surface area contributed by atoms with Crippen molar-refractivity contribution in [2.24, 2.45) is 17.6 Å². The molecule has 2 heterocycles. The summed E-state index contributed by atoms with van der Waals surface area (Å²) in [7, 11) is 0. The zero-order chi connectivity index (χ0) is 49.7. The molecule has 0 spiro atoms. The molecule has 0 amide bonds. The van der Waals surface area contributed by atoms with Gasteiger partial charge in [0.05, 0.1) is 29.9 Å². The number of aliphatic hydroxyl groups excluding tert-OH is 1. The molecule has 0 aromatic heterocycles. The second-order valence-corrected chi connectivity index (χ2v) is 16.0. The monoisotopic (exact) mass is 981 g/mol. The van der Waals surface area contributed by atoms with Crippen molar-refractivity contribution in [1.29, 1.82) is 0 Å². The van der Waals surface area contributed by atoms with E-state index in [0.717, 1.165) is 23.3 Å². The maximum atomic E-state index is 12.9. The SMILES string of the molecule is CCOC(=O)[C@H]1[C@@H]2Oc3cc(Oc4ccc(C(F)(F)F)cc4OC(F)F)ccc3[C@@H]21.N[C@@H]1c2ccccc2C[C@@H]1O.O=C(O)[C@H]1[C@@H]2Oc3cc(Oc4ccc(C(F)(F)F)cc4OC(F)F)ccc3[C@@H]21. The lowest BCUT2D eigenvalue weighted by molar-refractivity contribution is -0.145. The molecule has 69 heavy (non-hydrogen) atoms. The molecule has 8 atom stereocenters. The average molecular weight is 982 g/mol. The van der Waals surface area contributed by atoms with Gasteiger partial charge in [-0.25, -0.2) is 0 Å². The van der Waals surface area contributed by atoms with Gasteiger partial charge in [0.2, 0.25) is 0 Å². The van der Waals surface area contributed by atoms with Gasteiger partial charge in [-0.05, 0) is 66.6 Å². The minimum absolute atomic E-state index is 0.116. The van der Waals surface area contributed by atoms with Crippen LogP contribution < -0.4 is 34.2 Å². The first kappa shape index (κ1) is 48.5. The Balaban J connectivity index is 0.000000153. The molecule has 3 aliphatic carbocycles. The number of carbonyl (C=O) groups excluding carboxylic acids is 1. The number of carbonyl (C=O) groups is 2. The summed E-state index contributed by atoms with van der Waals surface area (Å²) in [6.45, 7) is -4.69. The highest BCUT2D eigenvalue weighted by atomic mass is 19.4. The first-order chi connectivity index (χ1) is 32.6. The molecule has 2 fully saturated rings. The van der Waals surface area contributed by atoms with Crippen molar-refractivity contribution in [3.63, 3.8) is 0 Å². The van der Waals surface area contributed by atoms with E-state index in [1.807, 2.05) is 24.3 Å². The average Bonchev–Trinajstić information content (AvgIpc) is 4.04. The standard InChI is InChI=1S/C20H15F5O5.C18H11F5O5.C9H11NO/c1-2-27-18(26)16-15-11-5-4-10(8-13(11)29-17(15)16)28-12-6-3-9(20(23,24)25)7-14(12)30-19(21)22;19-17(20)28-12-5-7(18(21,22)23)1-4-10(12)26-8-2-3-9-11(6-8)27-15-13(9)14(15)16(24)25;10-9-7-4-2-1-3-6(7)5-8(9)11/h3-8,15-17,19H,2H2,1H3;1-6,13-15,17H,(H,24,25);1-4,8-9,11H,5,10H2/t15-,16-,17-;13-,14-,15-;8-,9+/m110/s1. The summed E-state index contributed by atoms with van der Waals surface area (Å²) in [6, 6.07) is 20.9. The summed E-state index contributed by atoms with van der Waals surface area (Å²) >= 11 is 0. The quantitative estimate of drug-likeness (QED) is 0.0849. The number of halogens is 10. The van der Waals surface area contributed by atoms with Crippen molar-refractivity contribution >= 4 is 11.9 Å². The van der Waals surface area contributed by atoms with Gasteiger partial charge >= 0.3 is 37.5 Å². The Kier molecular flexibility index (Phi) is 13.3. The van der Waals surface area contributed by atoms with Crippen LogP contribution in [0.5, 0.6) is 46.0 Å². The summed E-state index contributed by atoms with van der Waals surface area (Å²) < 4.78 is 163. The van der Waals surface area contributed by atoms with Crippen molar-refractivity contribution in [3.8, 4) is 46.0 Å². The maximum Gasteiger partial charge on any atom is 0.416 e. The van der Waals surface area contributed by atoms with Gasteiger partial charge < -0.3 is 49.1 Å². The smallest absolute Gasteiger partial charge is 0.416 e. The molecule has 10 rings (SSSR count). The molecule has 12 nitrogen and oxygen atoms in total. The lowest BCUT2D eigenvalue weighted by Gasteiger charge is -2.15. The molecule has 2 saturated carbocycles. The number of carboxylic acids is 1. The van der Waals surface area contributed by atoms with Crippen LogP contribution in [0, 0.1) is 11.8 Å². The van der Waals surface area contributed by atoms with Crippen LogP contribution in [-0.4, -0.2) is 60.3 Å². The Morgan fingerprint density at radius 3 is 1.59 bits per heavy atom. The second-order valence-electron chi connectivity index (χ2n) is 16.0. The van der Waals surface area contributed by atoms with E-state index in [1.165, 1.54) is 29.8 Å². The van der Waals surface area contributed by atoms with E-state index in [9.17, 15) is 58.6 Å². The molecule has 0 radical (unpaired) electrons. The first-order valence-electron chi connectivity index (χ1n) is 20.8. The van der Waals surface area contributed by atoms with E-state index >= 15 is 0 Å². The molecule has 366 valence electrons. The zero-order valence-electron chi connectivity index (χ0n) is 35.4. The fourth-order valence-corrected chi connectivity index (χ4v) is 8.39. The third kappa shape index (κ3) is 10.4. The van der Waals surface area contributed by atoms with E-state index in [-0.39, 0.29) is 71.6 Å². The van der Waals surface area contributed by atoms with Crippen molar-refractivity contribution < 1.29 is 96.9 Å². The zero-order valence-corrected chi connectivity index (χ0v) is 35.4. The maximum absolute atomic E-state index is 12.9. The number of ether oxygens (including phenoxy) is 7. The van der Waals surface area contributed by atoms with Gasteiger partial charge in [-0.15, -0.1) is 0 Å². The molecule has 0 saturated heterocycles. The Hall–Kier alpha value is -6.94. The second kappa shape index (κ2) is 18.9. The molecule has 5 aromatic rings. The number of nitrogens with two attached hydrogens (primary N) is 1. The van der Waals surface area contributed by atoms with E-state index in [4.69, 9.17) is 34.5 Å². The topological polar surface area (TPSA) is 165 Å². The molecule has 0 unspecified atom stereocenters. The Morgan fingerprint density at radius 1 is 0.667 bits per heavy atom. The summed E-state index contributed by atoms with van der Waals surface area (Å²) in [6.07, 6.45) is -9.94. The van der Waals surface area contributed by atoms with Crippen LogP contribution in [0.15, 0.2) is 97.1 Å². The minimum Gasteiger partial charge on any atom is -0.488 e. The van der Waals surface area contributed by atoms with Gasteiger partial charge in [0, 0.05) is 41.5 Å². The molecule has 0 bridgehead atoms. The molecular weight excluding hydrogens is 944 g/mol. The summed E-state index contributed by atoms with van der Waals surface area (Å²) in [5, 5.41) is 18.5. The van der Waals surface area contributed by atoms with Crippen LogP contribution in [0.2, 0.25) is 0 Å². The highest BCUT2D eigenvalue weighted by Crippen LogP contribution is 2.60. The van der Waals surface area contributed by atoms with Gasteiger partial charge in [0.15, 0.2) is 23.0 Å². The van der Waals surface area contributed by atoms with E-state index in [2.05, 4.69) is 9.47 Å². The molecule has 5 aliphatic rings. The molecule has 5 aromatic carbocycles. The number of alkyl halides is 10. The predicted molar refractivity (Wildman–Crippen MR) is 218 cm³/mol. The summed E-state index contributed by atoms with van der Waals surface area (Å²) in [4.78, 5) is 22.9. The number of aliphatic hydroxyl groups is 1. The highest BCUT2D eigenvalue weighted by Gasteiger charge is 2.64. The molecule has 2 aliphatic heterocycles. The van der Waals surface area contributed by atoms with E-state index < -0.39 is 66.2 Å². The Bertz CT molecular complexity index is 2730. The lowest BCUT2D eigenvalue weighted by Crippen LogP contribution is -2.21. The van der Waals surface area contributed by atoms with E-state index in [1.54, 1.807) is 19.1 Å². The highest BCUT2D eigenvalue weighted by molar-refractivity contribution is 5.81. The third-order valence-corrected chi connectivity index (χ3v) is 11.7. The van der Waals surface area contributed by atoms with Crippen molar-refractivity contribution in [1.82, 2.24) is 0 Å². The first-order valence-corrected chi connectivity index (χ1v) is 20.8. The van der Waals surface area contributed by atoms with Gasteiger partial charge in [-0.1, -0.05) is 36.4 Å². The molecule has 22 heteroatoms. The minimum atomic E-state index is -4.73. The Labute approximate surface area is 384 Å². The van der Waals surface area contributed by atoms with E-state index in [0.29, 0.717) is 47.7 Å². The fourth-order valence-electron chi connectivity index (χ4n) is 8.39. The summed E-state index contributed by atoms with van der Waals surface area (Å²) in [5.41, 5.74) is 7.18. The number of rotatable bonds is 11. The third-order valence-electron chi connectivity index (χ3n) is 11.7. The van der Waals surface area contributed by atoms with Gasteiger partial charge in [-0.2, -0.15) is 43.9 Å². The van der Waals surface area contributed by atoms with Crippen LogP contribution in [0.1, 0.15) is 58.2 Å². The normalized spacial score (nSPS) is 22.9. The largest absolute Gasteiger partial charge is 0.488 e. The predicted octanol–water partition coefficient (Wildman–Crippen LogP) is 10.4. The molecular formula is C47H37F10NO11. The molecule has 4 N–H and O–H groups in total. The van der Waals surface area contributed by atoms with Crippen molar-refractivity contribution in [2.45, 2.75) is 75.1 Å². The van der Waals surface area contributed by atoms with Crippen LogP contribution in [0.25, 0.3) is 0 Å². The van der Waals surface area contributed by atoms with Crippen LogP contribution in [0.3, 0.4) is 0 Å². The number of benzene rings is 5. The van der Waals surface area contributed by atoms with Crippen LogP contribution in [0.4, 0.5) is 43.9 Å². The lowest BCUT2D eigenvalue weighted by atomic mass is 10.1. The Morgan fingerprint density at radius 2 is 1.14 bits per heavy atom. The van der Waals surface area contributed by atoms with Crippen LogP contribution in [-0.2, 0) is 33.1 Å². The number of aliphatic carboxylic acids is 1. The van der Waals surface area contributed by atoms with Crippen molar-refractivity contribution in [2.75, 3.05) is 6.61 Å². The number of esters is 1. The van der Waals surface area contributed by atoms with Crippen LogP contribution >= 0.6 is 0 Å². The number of carboxylic acid groups (broad SMARTS) is 1. The van der Waals surface area contributed by atoms with Gasteiger partial charge in [0.25, 0.3) is 0 Å². The summed E-state index contributed by atoms with van der Waals surface area (Å²) in [5.74, 6) is -3.71. The van der Waals surface area contributed by atoms with Gasteiger partial charge in [-0.3, -0.25) is 9.59 Å². The number of fused-ring (bicyclic) bond motifs is 7. The fraction of sp³-hybridized carbons (Fsp3) is 0.319.